The van der Waals surface area contributed by atoms with Crippen LogP contribution in [0.15, 0.2) is 53.3 Å². The summed E-state index contributed by atoms with van der Waals surface area (Å²) >= 11 is 7.51. The number of anilines is 1. The Bertz CT molecular complexity index is 1760. The van der Waals surface area contributed by atoms with E-state index in [1.165, 1.54) is 30.1 Å². The monoisotopic (exact) mass is 620 g/mol. The molecule has 1 unspecified atom stereocenters. The van der Waals surface area contributed by atoms with E-state index in [0.29, 0.717) is 37.5 Å². The average molecular weight is 621 g/mol. The third kappa shape index (κ3) is 6.10. The number of thiophene rings is 1. The maximum Gasteiger partial charge on any atom is 0.356 e. The van der Waals surface area contributed by atoms with Crippen molar-refractivity contribution in [1.29, 1.82) is 0 Å². The first-order chi connectivity index (χ1) is 20.7. The van der Waals surface area contributed by atoms with E-state index in [9.17, 15) is 19.2 Å². The largest absolute Gasteiger partial charge is 0.465 e. The Morgan fingerprint density at radius 2 is 1.65 bits per heavy atom. The van der Waals surface area contributed by atoms with E-state index in [1.54, 1.807) is 55.5 Å². The Morgan fingerprint density at radius 1 is 0.977 bits per heavy atom. The zero-order valence-corrected chi connectivity index (χ0v) is 25.9. The van der Waals surface area contributed by atoms with E-state index in [-0.39, 0.29) is 17.7 Å². The van der Waals surface area contributed by atoms with Crippen LogP contribution in [0.25, 0.3) is 21.9 Å². The van der Waals surface area contributed by atoms with Gasteiger partial charge in [-0.3, -0.25) is 9.59 Å². The number of amides is 1. The summed E-state index contributed by atoms with van der Waals surface area (Å²) in [6, 6.07) is 14.0. The van der Waals surface area contributed by atoms with Gasteiger partial charge in [0.25, 0.3) is 11.5 Å². The number of carbonyl (C=O) groups is 3. The zero-order chi connectivity index (χ0) is 30.7. The van der Waals surface area contributed by atoms with Gasteiger partial charge in [-0.15, -0.1) is 11.3 Å². The van der Waals surface area contributed by atoms with Crippen molar-refractivity contribution in [2.24, 2.45) is 7.05 Å². The molecule has 0 spiro atoms. The van der Waals surface area contributed by atoms with Crippen molar-refractivity contribution in [3.63, 3.8) is 0 Å². The number of nitrogens with zero attached hydrogens (tertiary/aromatic N) is 1. The predicted molar refractivity (Wildman–Crippen MR) is 169 cm³/mol. The highest BCUT2D eigenvalue weighted by atomic mass is 35.5. The van der Waals surface area contributed by atoms with Crippen molar-refractivity contribution >= 4 is 56.6 Å². The predicted octanol–water partition coefficient (Wildman–Crippen LogP) is 6.94. The quantitative estimate of drug-likeness (QED) is 0.225. The second-order valence-corrected chi connectivity index (χ2v) is 12.1. The van der Waals surface area contributed by atoms with Crippen LogP contribution in [0.5, 0.6) is 0 Å². The Labute approximate surface area is 258 Å². The molecular weight excluding hydrogens is 588 g/mol. The van der Waals surface area contributed by atoms with Crippen molar-refractivity contribution in [2.75, 3.05) is 12.4 Å². The molecule has 1 N–H and O–H groups in total. The number of aryl methyl sites for hydroxylation is 1. The summed E-state index contributed by atoms with van der Waals surface area (Å²) in [6.07, 6.45) is 4.73. The number of aromatic nitrogens is 1. The first-order valence-electron chi connectivity index (χ1n) is 14.4. The van der Waals surface area contributed by atoms with Crippen LogP contribution in [-0.2, 0) is 34.2 Å². The first-order valence-corrected chi connectivity index (χ1v) is 15.6. The van der Waals surface area contributed by atoms with Gasteiger partial charge < -0.3 is 19.4 Å². The first kappa shape index (κ1) is 30.5. The number of methoxy groups -OCH3 is 1. The van der Waals surface area contributed by atoms with Crippen LogP contribution >= 0.6 is 22.9 Å². The minimum Gasteiger partial charge on any atom is -0.465 e. The van der Waals surface area contributed by atoms with Crippen molar-refractivity contribution < 1.29 is 23.9 Å². The maximum atomic E-state index is 13.8. The molecule has 0 saturated heterocycles. The van der Waals surface area contributed by atoms with E-state index >= 15 is 0 Å². The summed E-state index contributed by atoms with van der Waals surface area (Å²) in [4.78, 5) is 54.6. The van der Waals surface area contributed by atoms with E-state index in [2.05, 4.69) is 5.32 Å². The highest BCUT2D eigenvalue weighted by Gasteiger charge is 2.31. The number of benzene rings is 2. The summed E-state index contributed by atoms with van der Waals surface area (Å²) in [6.45, 7) is 1.73. The number of rotatable bonds is 7. The summed E-state index contributed by atoms with van der Waals surface area (Å²) in [5.41, 5.74) is 2.12. The molecule has 0 saturated carbocycles. The lowest BCUT2D eigenvalue weighted by molar-refractivity contribution is -0.124. The molecule has 0 radical (unpaired) electrons. The van der Waals surface area contributed by atoms with Gasteiger partial charge >= 0.3 is 11.9 Å². The smallest absolute Gasteiger partial charge is 0.356 e. The molecule has 224 valence electrons. The zero-order valence-electron chi connectivity index (χ0n) is 24.3. The van der Waals surface area contributed by atoms with Crippen LogP contribution in [-0.4, -0.2) is 35.6 Å². The van der Waals surface area contributed by atoms with Gasteiger partial charge in [-0.05, 0) is 66.8 Å². The third-order valence-corrected chi connectivity index (χ3v) is 9.30. The van der Waals surface area contributed by atoms with Crippen LogP contribution in [0, 0.1) is 0 Å². The highest BCUT2D eigenvalue weighted by Crippen LogP contribution is 2.38. The number of ether oxygens (including phenoxy) is 2. The van der Waals surface area contributed by atoms with Gasteiger partial charge in [-0.1, -0.05) is 61.7 Å². The molecule has 2 heterocycles. The average Bonchev–Trinajstić information content (AvgIpc) is 3.32. The Morgan fingerprint density at radius 3 is 2.33 bits per heavy atom. The maximum absolute atomic E-state index is 13.8. The molecule has 8 nitrogen and oxygen atoms in total. The normalized spacial score (nSPS) is 13.9. The van der Waals surface area contributed by atoms with Crippen LogP contribution in [0.4, 0.5) is 5.00 Å². The van der Waals surface area contributed by atoms with Gasteiger partial charge in [0.2, 0.25) is 0 Å². The molecule has 2 aromatic carbocycles. The fourth-order valence-corrected chi connectivity index (χ4v) is 7.04. The Kier molecular flexibility index (Phi) is 9.32. The molecule has 0 bridgehead atoms. The number of fused-ring (bicyclic) bond motifs is 2. The molecule has 1 aliphatic rings. The van der Waals surface area contributed by atoms with E-state index in [0.717, 1.165) is 49.0 Å². The SMILES string of the molecule is CCC(OC(=O)c1c(-c2ccc(Cl)cc2)c2ccccc2c(=O)n1C)C(=O)Nc1sc2c(c1C(=O)OC)CCCCCC2. The van der Waals surface area contributed by atoms with Gasteiger partial charge in [0, 0.05) is 27.9 Å². The second-order valence-electron chi connectivity index (χ2n) is 10.5. The minimum atomic E-state index is -1.18. The van der Waals surface area contributed by atoms with E-state index < -0.39 is 23.9 Å². The number of hydrogen-bond acceptors (Lipinski definition) is 7. The summed E-state index contributed by atoms with van der Waals surface area (Å²) < 4.78 is 12.1. The van der Waals surface area contributed by atoms with Crippen LogP contribution in [0.1, 0.15) is 70.3 Å². The van der Waals surface area contributed by atoms with Gasteiger partial charge in [0.15, 0.2) is 6.10 Å². The fraction of sp³-hybridized carbons (Fsp3) is 0.333. The molecule has 1 atom stereocenters. The lowest BCUT2D eigenvalue weighted by atomic mass is 9.96. The highest BCUT2D eigenvalue weighted by molar-refractivity contribution is 7.17. The molecule has 43 heavy (non-hydrogen) atoms. The van der Waals surface area contributed by atoms with Gasteiger partial charge in [-0.2, -0.15) is 0 Å². The van der Waals surface area contributed by atoms with Crippen molar-refractivity contribution in [3.05, 3.63) is 85.6 Å². The number of pyridine rings is 1. The fourth-order valence-electron chi connectivity index (χ4n) is 5.64. The van der Waals surface area contributed by atoms with Crippen molar-refractivity contribution in [3.8, 4) is 11.1 Å². The van der Waals surface area contributed by atoms with Crippen LogP contribution in [0.2, 0.25) is 5.02 Å². The molecule has 1 aliphatic carbocycles. The van der Waals surface area contributed by atoms with Crippen molar-refractivity contribution in [2.45, 2.75) is 58.0 Å². The summed E-state index contributed by atoms with van der Waals surface area (Å²) in [5.74, 6) is -1.88. The van der Waals surface area contributed by atoms with Gasteiger partial charge in [0.1, 0.15) is 10.7 Å². The Hall–Kier alpha value is -3.95. The lowest BCUT2D eigenvalue weighted by Crippen LogP contribution is -2.34. The van der Waals surface area contributed by atoms with Crippen LogP contribution in [0.3, 0.4) is 0 Å². The standard InChI is InChI=1S/C33H33ClN2O6S/c1-4-24(29(37)35-30-27(32(39)41-3)23-13-7-5-6-8-14-25(23)43-30)42-33(40)28-26(19-15-17-20(34)18-16-19)21-11-9-10-12-22(21)31(38)36(28)2/h9-12,15-18,24H,4-8,13-14H2,1-3H3,(H,35,37). The topological polar surface area (TPSA) is 104 Å². The van der Waals surface area contributed by atoms with E-state index in [1.807, 2.05) is 0 Å². The van der Waals surface area contributed by atoms with Crippen molar-refractivity contribution in [1.82, 2.24) is 4.57 Å². The molecule has 4 aromatic rings. The molecule has 10 heteroatoms. The second kappa shape index (κ2) is 13.1. The molecule has 5 rings (SSSR count). The summed E-state index contributed by atoms with van der Waals surface area (Å²) in [5, 5.41) is 4.81. The number of hydrogen-bond donors (Lipinski definition) is 1. The molecule has 2 aromatic heterocycles. The number of halogens is 1. The lowest BCUT2D eigenvalue weighted by Gasteiger charge is -2.20. The summed E-state index contributed by atoms with van der Waals surface area (Å²) in [7, 11) is 2.83. The number of nitrogens with one attached hydrogen (secondary N) is 1. The van der Waals surface area contributed by atoms with Gasteiger partial charge in [-0.25, -0.2) is 9.59 Å². The van der Waals surface area contributed by atoms with E-state index in [4.69, 9.17) is 21.1 Å². The third-order valence-electron chi connectivity index (χ3n) is 7.84. The molecule has 0 aliphatic heterocycles. The molecule has 0 fully saturated rings. The molecule has 1 amide bonds. The van der Waals surface area contributed by atoms with Gasteiger partial charge in [0.05, 0.1) is 12.7 Å². The Balaban J connectivity index is 1.50. The minimum absolute atomic E-state index is 0.0200. The number of esters is 2. The number of carbonyl (C=O) groups excluding carboxylic acids is 3. The molecular formula is C33H33ClN2O6S. The van der Waals surface area contributed by atoms with Crippen LogP contribution < -0.4 is 10.9 Å².